The Morgan fingerprint density at radius 2 is 1.12 bits per heavy atom. The molecule has 193 valence electrons. The van der Waals surface area contributed by atoms with Gasteiger partial charge in [-0.1, -0.05) is 0 Å². The quantitative estimate of drug-likeness (QED) is 0.172. The average Bonchev–Trinajstić information content (AvgIpc) is 2.80. The van der Waals surface area contributed by atoms with Crippen molar-refractivity contribution in [3.05, 3.63) is 6.10 Å². The summed E-state index contributed by atoms with van der Waals surface area (Å²) >= 11 is 0. The molecule has 3 saturated heterocycles. The van der Waals surface area contributed by atoms with E-state index in [-0.39, 0.29) is 0 Å². The third kappa shape index (κ3) is 4.00. The molecule has 0 aromatic heterocycles. The van der Waals surface area contributed by atoms with Crippen LogP contribution in [0.15, 0.2) is 0 Å². The van der Waals surface area contributed by atoms with Crippen molar-refractivity contribution < 1.29 is 75.5 Å². The molecule has 33 heavy (non-hydrogen) atoms. The predicted molar refractivity (Wildman–Crippen MR) is 99.4 cm³/mol. The van der Waals surface area contributed by atoms with Crippen LogP contribution in [0.4, 0.5) is 0 Å². The van der Waals surface area contributed by atoms with Crippen molar-refractivity contribution in [3.8, 4) is 0 Å². The SMILES string of the molecule is OC[C@H]1OC[C@@](O)([C@@H]2O[C@H](CO)[C@@H](O)[C@H](O)[C@H]2O)[C@](O)([C@@H]2O[C@H](CO)[C@@H](O)[C@H](O)[C@H]2O)[C]1O. The molecular formula is C18H31O15. The maximum atomic E-state index is 11.7. The summed E-state index contributed by atoms with van der Waals surface area (Å²) in [6.45, 7) is -3.77. The second kappa shape index (κ2) is 9.81. The van der Waals surface area contributed by atoms with Crippen LogP contribution in [0.5, 0.6) is 0 Å². The topological polar surface area (TPSA) is 270 Å². The Kier molecular flexibility index (Phi) is 8.02. The van der Waals surface area contributed by atoms with Crippen LogP contribution in [0, 0.1) is 6.10 Å². The van der Waals surface area contributed by atoms with E-state index < -0.39 is 111 Å². The summed E-state index contributed by atoms with van der Waals surface area (Å²) in [4.78, 5) is 0. The first-order valence-corrected chi connectivity index (χ1v) is 10.2. The third-order valence-electron chi connectivity index (χ3n) is 6.69. The normalized spacial score (nSPS) is 54.4. The largest absolute Gasteiger partial charge is 0.394 e. The summed E-state index contributed by atoms with van der Waals surface area (Å²) < 4.78 is 15.8. The third-order valence-corrected chi connectivity index (χ3v) is 6.69. The highest BCUT2D eigenvalue weighted by atomic mass is 16.6. The van der Waals surface area contributed by atoms with Crippen LogP contribution in [0.2, 0.25) is 0 Å². The Hall–Kier alpha value is -0.600. The van der Waals surface area contributed by atoms with E-state index in [1.54, 1.807) is 0 Å². The number of rotatable bonds is 5. The first kappa shape index (κ1) is 27.0. The molecule has 0 aliphatic carbocycles. The molecule has 13 atom stereocenters. The fourth-order valence-corrected chi connectivity index (χ4v) is 4.66. The van der Waals surface area contributed by atoms with Crippen LogP contribution in [-0.4, -0.2) is 166 Å². The summed E-state index contributed by atoms with van der Waals surface area (Å²) in [5, 5.41) is 124. The zero-order chi connectivity index (χ0) is 24.9. The first-order valence-electron chi connectivity index (χ1n) is 10.2. The van der Waals surface area contributed by atoms with E-state index in [9.17, 15) is 61.3 Å². The van der Waals surface area contributed by atoms with Gasteiger partial charge in [0, 0.05) is 0 Å². The Morgan fingerprint density at radius 1 is 0.667 bits per heavy atom. The summed E-state index contributed by atoms with van der Waals surface area (Å²) in [5.74, 6) is 0. The lowest BCUT2D eigenvalue weighted by molar-refractivity contribution is -0.372. The lowest BCUT2D eigenvalue weighted by Gasteiger charge is -2.60. The van der Waals surface area contributed by atoms with Crippen molar-refractivity contribution in [2.75, 3.05) is 26.4 Å². The van der Waals surface area contributed by atoms with E-state index >= 15 is 0 Å². The van der Waals surface area contributed by atoms with E-state index in [0.29, 0.717) is 0 Å². The van der Waals surface area contributed by atoms with Crippen molar-refractivity contribution in [3.63, 3.8) is 0 Å². The molecular weight excluding hydrogens is 456 g/mol. The van der Waals surface area contributed by atoms with Gasteiger partial charge in [0.2, 0.25) is 0 Å². The Bertz CT molecular complexity index is 665. The van der Waals surface area contributed by atoms with Gasteiger partial charge >= 0.3 is 0 Å². The van der Waals surface area contributed by atoms with Gasteiger partial charge in [0.15, 0.2) is 17.3 Å². The van der Waals surface area contributed by atoms with Crippen LogP contribution >= 0.6 is 0 Å². The maximum Gasteiger partial charge on any atom is 0.161 e. The van der Waals surface area contributed by atoms with Crippen LogP contribution in [0.1, 0.15) is 0 Å². The fraction of sp³-hybridized carbons (Fsp3) is 0.944. The lowest BCUT2D eigenvalue weighted by Crippen LogP contribution is -2.83. The molecule has 15 nitrogen and oxygen atoms in total. The predicted octanol–water partition coefficient (Wildman–Crippen LogP) is -7.57. The van der Waals surface area contributed by atoms with E-state index in [2.05, 4.69) is 0 Å². The highest BCUT2D eigenvalue weighted by Crippen LogP contribution is 2.49. The molecule has 3 fully saturated rings. The Labute approximate surface area is 187 Å². The molecule has 3 heterocycles. The van der Waals surface area contributed by atoms with E-state index in [4.69, 9.17) is 14.2 Å². The van der Waals surface area contributed by atoms with E-state index in [1.165, 1.54) is 0 Å². The highest BCUT2D eigenvalue weighted by Gasteiger charge is 2.73. The van der Waals surface area contributed by atoms with E-state index in [1.807, 2.05) is 0 Å². The van der Waals surface area contributed by atoms with Gasteiger partial charge < -0.3 is 75.5 Å². The molecule has 0 spiro atoms. The molecule has 0 aromatic rings. The van der Waals surface area contributed by atoms with Gasteiger partial charge in [0.05, 0.1) is 26.4 Å². The van der Waals surface area contributed by atoms with Gasteiger partial charge in [-0.2, -0.15) is 0 Å². The monoisotopic (exact) mass is 487 g/mol. The molecule has 0 unspecified atom stereocenters. The molecule has 0 saturated carbocycles. The van der Waals surface area contributed by atoms with Gasteiger partial charge in [0.1, 0.15) is 67.1 Å². The number of hydrogen-bond acceptors (Lipinski definition) is 15. The van der Waals surface area contributed by atoms with Crippen molar-refractivity contribution in [2.24, 2.45) is 0 Å². The number of aliphatic hydroxyl groups is 12. The van der Waals surface area contributed by atoms with Crippen LogP contribution < -0.4 is 0 Å². The number of hydrogen-bond donors (Lipinski definition) is 12. The van der Waals surface area contributed by atoms with Gasteiger partial charge in [-0.25, -0.2) is 0 Å². The highest BCUT2D eigenvalue weighted by molar-refractivity contribution is 5.27. The standard InChI is InChI=1S/C18H31O15/c19-1-5-8(22)10(24)12(26)15(32-5)17(29)4-31-7(3-21)14(28)18(17,30)16-13(27)11(25)9(23)6(2-20)33-16/h5-13,15-16,19-30H,1-4H2/t5-,6-,7-,8-,9-,10+,11+,12-,13-,15-,16-,17-,18-/m1/s1. The fourth-order valence-electron chi connectivity index (χ4n) is 4.66. The average molecular weight is 487 g/mol. The number of aliphatic hydroxyl groups excluding tert-OH is 10. The molecule has 0 aromatic carbocycles. The van der Waals surface area contributed by atoms with Gasteiger partial charge in [0.25, 0.3) is 0 Å². The van der Waals surface area contributed by atoms with Crippen LogP contribution in [0.25, 0.3) is 0 Å². The van der Waals surface area contributed by atoms with Gasteiger partial charge in [-0.3, -0.25) is 0 Å². The summed E-state index contributed by atoms with van der Waals surface area (Å²) in [7, 11) is 0. The Balaban J connectivity index is 2.11. The second-order valence-electron chi connectivity index (χ2n) is 8.56. The van der Waals surface area contributed by atoms with Crippen molar-refractivity contribution in [2.45, 2.75) is 78.3 Å². The zero-order valence-electron chi connectivity index (χ0n) is 17.3. The molecule has 3 aliphatic heterocycles. The summed E-state index contributed by atoms with van der Waals surface area (Å²) in [6, 6.07) is 0. The molecule has 15 heteroatoms. The Morgan fingerprint density at radius 3 is 1.58 bits per heavy atom. The van der Waals surface area contributed by atoms with Crippen LogP contribution in [-0.2, 0) is 14.2 Å². The molecule has 0 amide bonds. The van der Waals surface area contributed by atoms with Crippen molar-refractivity contribution >= 4 is 0 Å². The molecule has 1 radical (unpaired) electrons. The molecule has 3 rings (SSSR count). The maximum absolute atomic E-state index is 11.7. The lowest BCUT2D eigenvalue weighted by atomic mass is 9.64. The summed E-state index contributed by atoms with van der Waals surface area (Å²) in [5.41, 5.74) is -6.23. The molecule has 12 N–H and O–H groups in total. The van der Waals surface area contributed by atoms with Crippen LogP contribution in [0.3, 0.4) is 0 Å². The number of ether oxygens (including phenoxy) is 3. The van der Waals surface area contributed by atoms with Gasteiger partial charge in [-0.15, -0.1) is 0 Å². The molecule has 0 bridgehead atoms. The minimum absolute atomic E-state index is 0.897. The minimum atomic E-state index is -3.22. The molecule has 3 aliphatic rings. The van der Waals surface area contributed by atoms with Gasteiger partial charge in [-0.05, 0) is 0 Å². The van der Waals surface area contributed by atoms with Crippen molar-refractivity contribution in [1.29, 1.82) is 0 Å². The smallest absolute Gasteiger partial charge is 0.161 e. The van der Waals surface area contributed by atoms with Crippen molar-refractivity contribution in [1.82, 2.24) is 0 Å². The zero-order valence-corrected chi connectivity index (χ0v) is 17.3. The van der Waals surface area contributed by atoms with E-state index in [0.717, 1.165) is 0 Å². The first-order chi connectivity index (χ1) is 15.4. The second-order valence-corrected chi connectivity index (χ2v) is 8.56. The summed E-state index contributed by atoms with van der Waals surface area (Å²) in [6.07, 6.45) is -22.4. The minimum Gasteiger partial charge on any atom is -0.394 e.